The smallest absolute Gasteiger partial charge is 0.230 e. The Morgan fingerprint density at radius 2 is 2.11 bits per heavy atom. The lowest BCUT2D eigenvalue weighted by Gasteiger charge is -1.98. The van der Waals surface area contributed by atoms with Crippen LogP contribution in [-0.4, -0.2) is 16.2 Å². The molecule has 0 aliphatic heterocycles. The van der Waals surface area contributed by atoms with Crippen molar-refractivity contribution in [2.45, 2.75) is 38.8 Å². The summed E-state index contributed by atoms with van der Waals surface area (Å²) in [7, 11) is 0. The fourth-order valence-electron chi connectivity index (χ4n) is 1.95. The molecule has 1 heterocycles. The largest absolute Gasteiger partial charge is 0.424 e. The summed E-state index contributed by atoms with van der Waals surface area (Å²) in [6.07, 6.45) is 3.24. The molecule has 2 aromatic rings. The van der Waals surface area contributed by atoms with Crippen LogP contribution in [0, 0.1) is 6.92 Å². The highest BCUT2D eigenvalue weighted by atomic mass is 16.4. The van der Waals surface area contributed by atoms with E-state index < -0.39 is 0 Å². The minimum atomic E-state index is 0.664. The molecule has 4 heteroatoms. The molecule has 0 amide bonds. The lowest BCUT2D eigenvalue weighted by Crippen LogP contribution is -2.15. The topological polar surface area (TPSA) is 51.0 Å². The van der Waals surface area contributed by atoms with Crippen molar-refractivity contribution < 1.29 is 4.42 Å². The SMILES string of the molecule is Cc1cccc(Cc2nnc(CNC3CC3)o2)c1. The number of rotatable bonds is 5. The molecule has 0 radical (unpaired) electrons. The van der Waals surface area contributed by atoms with Crippen LogP contribution in [0.4, 0.5) is 0 Å². The molecule has 0 atom stereocenters. The van der Waals surface area contributed by atoms with Gasteiger partial charge in [0.2, 0.25) is 11.8 Å². The standard InChI is InChI=1S/C14H17N3O/c1-10-3-2-4-11(7-10)8-13-16-17-14(18-13)9-15-12-5-6-12/h2-4,7,12,15H,5-6,8-9H2,1H3. The van der Waals surface area contributed by atoms with Gasteiger partial charge < -0.3 is 9.73 Å². The van der Waals surface area contributed by atoms with Gasteiger partial charge in [-0.2, -0.15) is 0 Å². The summed E-state index contributed by atoms with van der Waals surface area (Å²) in [5.41, 5.74) is 2.46. The van der Waals surface area contributed by atoms with E-state index in [1.165, 1.54) is 24.0 Å². The van der Waals surface area contributed by atoms with Crippen molar-refractivity contribution >= 4 is 0 Å². The maximum absolute atomic E-state index is 5.62. The van der Waals surface area contributed by atoms with Crippen molar-refractivity contribution in [3.63, 3.8) is 0 Å². The zero-order valence-corrected chi connectivity index (χ0v) is 10.5. The normalized spacial score (nSPS) is 14.9. The maximum Gasteiger partial charge on any atom is 0.230 e. The van der Waals surface area contributed by atoms with Gasteiger partial charge in [0.25, 0.3) is 0 Å². The van der Waals surface area contributed by atoms with Crippen molar-refractivity contribution in [2.75, 3.05) is 0 Å². The Morgan fingerprint density at radius 3 is 2.89 bits per heavy atom. The quantitative estimate of drug-likeness (QED) is 0.874. The van der Waals surface area contributed by atoms with Crippen LogP contribution in [0.15, 0.2) is 28.7 Å². The maximum atomic E-state index is 5.62. The lowest BCUT2D eigenvalue weighted by atomic mass is 10.1. The molecule has 1 aromatic heterocycles. The summed E-state index contributed by atoms with van der Waals surface area (Å²) in [6, 6.07) is 9.03. The monoisotopic (exact) mass is 243 g/mol. The van der Waals surface area contributed by atoms with Crippen molar-refractivity contribution in [3.05, 3.63) is 47.2 Å². The van der Waals surface area contributed by atoms with Crippen LogP contribution in [0.3, 0.4) is 0 Å². The first-order valence-corrected chi connectivity index (χ1v) is 6.40. The van der Waals surface area contributed by atoms with Gasteiger partial charge in [-0.25, -0.2) is 0 Å². The highest BCUT2D eigenvalue weighted by Gasteiger charge is 2.21. The van der Waals surface area contributed by atoms with E-state index in [-0.39, 0.29) is 0 Å². The molecule has 0 bridgehead atoms. The molecule has 0 saturated heterocycles. The number of hydrogen-bond donors (Lipinski definition) is 1. The predicted octanol–water partition coefficient (Wildman–Crippen LogP) is 2.22. The van der Waals surface area contributed by atoms with Gasteiger partial charge in [0, 0.05) is 6.04 Å². The Morgan fingerprint density at radius 1 is 1.28 bits per heavy atom. The summed E-state index contributed by atoms with van der Waals surface area (Å²) in [5.74, 6) is 1.37. The molecule has 0 unspecified atom stereocenters. The summed E-state index contributed by atoms with van der Waals surface area (Å²) < 4.78 is 5.62. The first-order valence-electron chi connectivity index (χ1n) is 6.40. The highest BCUT2D eigenvalue weighted by molar-refractivity contribution is 5.24. The number of aryl methyl sites for hydroxylation is 1. The second-order valence-corrected chi connectivity index (χ2v) is 4.91. The van der Waals surface area contributed by atoms with Gasteiger partial charge in [0.1, 0.15) is 0 Å². The fraction of sp³-hybridized carbons (Fsp3) is 0.429. The Hall–Kier alpha value is -1.68. The third kappa shape index (κ3) is 2.96. The van der Waals surface area contributed by atoms with Crippen molar-refractivity contribution in [3.8, 4) is 0 Å². The third-order valence-corrected chi connectivity index (χ3v) is 3.07. The Labute approximate surface area is 106 Å². The van der Waals surface area contributed by atoms with E-state index >= 15 is 0 Å². The van der Waals surface area contributed by atoms with E-state index in [1.54, 1.807) is 0 Å². The van der Waals surface area contributed by atoms with Gasteiger partial charge >= 0.3 is 0 Å². The first-order chi connectivity index (χ1) is 8.79. The molecule has 1 fully saturated rings. The number of aromatic nitrogens is 2. The molecule has 1 aromatic carbocycles. The molecule has 1 aliphatic rings. The van der Waals surface area contributed by atoms with E-state index in [9.17, 15) is 0 Å². The van der Waals surface area contributed by atoms with Crippen LogP contribution in [-0.2, 0) is 13.0 Å². The number of nitrogens with one attached hydrogen (secondary N) is 1. The minimum Gasteiger partial charge on any atom is -0.424 e. The van der Waals surface area contributed by atoms with Crippen LogP contribution < -0.4 is 5.32 Å². The lowest BCUT2D eigenvalue weighted by molar-refractivity contribution is 0.438. The van der Waals surface area contributed by atoms with E-state index in [0.717, 1.165) is 0 Å². The number of hydrogen-bond acceptors (Lipinski definition) is 4. The third-order valence-electron chi connectivity index (χ3n) is 3.07. The predicted molar refractivity (Wildman–Crippen MR) is 68.1 cm³/mol. The zero-order valence-electron chi connectivity index (χ0n) is 10.5. The van der Waals surface area contributed by atoms with Crippen LogP contribution in [0.5, 0.6) is 0 Å². The summed E-state index contributed by atoms with van der Waals surface area (Å²) in [5, 5.41) is 11.5. The van der Waals surface area contributed by atoms with Gasteiger partial charge in [0.05, 0.1) is 13.0 Å². The molecule has 1 saturated carbocycles. The fourth-order valence-corrected chi connectivity index (χ4v) is 1.95. The van der Waals surface area contributed by atoms with E-state index in [4.69, 9.17) is 4.42 Å². The van der Waals surface area contributed by atoms with E-state index in [0.29, 0.717) is 30.8 Å². The van der Waals surface area contributed by atoms with Gasteiger partial charge in [-0.15, -0.1) is 10.2 Å². The van der Waals surface area contributed by atoms with Crippen LogP contribution in [0.2, 0.25) is 0 Å². The minimum absolute atomic E-state index is 0.664. The first kappa shape index (κ1) is 11.4. The molecule has 94 valence electrons. The molecule has 18 heavy (non-hydrogen) atoms. The Kier molecular flexibility index (Phi) is 3.11. The van der Waals surface area contributed by atoms with Crippen LogP contribution in [0.25, 0.3) is 0 Å². The van der Waals surface area contributed by atoms with Crippen molar-refractivity contribution in [2.24, 2.45) is 0 Å². The second-order valence-electron chi connectivity index (χ2n) is 4.91. The molecule has 1 N–H and O–H groups in total. The molecule has 4 nitrogen and oxygen atoms in total. The van der Waals surface area contributed by atoms with Gasteiger partial charge in [0.15, 0.2) is 0 Å². The van der Waals surface area contributed by atoms with Crippen LogP contribution >= 0.6 is 0 Å². The van der Waals surface area contributed by atoms with Gasteiger partial charge in [-0.1, -0.05) is 29.8 Å². The molecular formula is C14H17N3O. The average molecular weight is 243 g/mol. The Bertz CT molecular complexity index is 531. The number of benzene rings is 1. The van der Waals surface area contributed by atoms with Crippen LogP contribution in [0.1, 0.15) is 35.7 Å². The molecule has 3 rings (SSSR count). The van der Waals surface area contributed by atoms with Gasteiger partial charge in [-0.3, -0.25) is 0 Å². The summed E-state index contributed by atoms with van der Waals surface area (Å²) in [4.78, 5) is 0. The van der Waals surface area contributed by atoms with E-state index in [2.05, 4.69) is 46.7 Å². The van der Waals surface area contributed by atoms with Gasteiger partial charge in [-0.05, 0) is 25.3 Å². The average Bonchev–Trinajstić information content (AvgIpc) is 3.08. The number of nitrogens with zero attached hydrogens (tertiary/aromatic N) is 2. The summed E-state index contributed by atoms with van der Waals surface area (Å²) in [6.45, 7) is 2.77. The molecular weight excluding hydrogens is 226 g/mol. The zero-order chi connectivity index (χ0) is 12.4. The van der Waals surface area contributed by atoms with E-state index in [1.807, 2.05) is 0 Å². The highest BCUT2D eigenvalue weighted by Crippen LogP contribution is 2.19. The molecule has 0 spiro atoms. The Balaban J connectivity index is 1.61. The van der Waals surface area contributed by atoms with Crippen molar-refractivity contribution in [1.82, 2.24) is 15.5 Å². The molecule has 1 aliphatic carbocycles. The van der Waals surface area contributed by atoms with Crippen molar-refractivity contribution in [1.29, 1.82) is 0 Å². The summed E-state index contributed by atoms with van der Waals surface area (Å²) >= 11 is 0. The second kappa shape index (κ2) is 4.90.